The normalized spacial score (nSPS) is 32.7. The highest BCUT2D eigenvalue weighted by atomic mass is 35.5. The van der Waals surface area contributed by atoms with Crippen LogP contribution in [0.25, 0.3) is 0 Å². The van der Waals surface area contributed by atoms with Gasteiger partial charge in [-0.25, -0.2) is 0 Å². The zero-order valence-electron chi connectivity index (χ0n) is 8.71. The molecule has 3 rings (SSSR count). The molecular formula is C12H16ClNO. The van der Waals surface area contributed by atoms with Crippen molar-refractivity contribution in [1.29, 1.82) is 0 Å². The summed E-state index contributed by atoms with van der Waals surface area (Å²) in [6, 6.07) is 0. The lowest BCUT2D eigenvalue weighted by molar-refractivity contribution is -0.117. The Labute approximate surface area is 95.4 Å². The number of allylic oxidation sites excluding steroid dienone is 2. The van der Waals surface area contributed by atoms with Crippen molar-refractivity contribution in [1.82, 2.24) is 5.32 Å². The molecule has 3 heteroatoms. The Morgan fingerprint density at radius 1 is 1.47 bits per heavy atom. The fraction of sp³-hybridized carbons (Fsp3) is 0.583. The van der Waals surface area contributed by atoms with Crippen molar-refractivity contribution in [2.24, 2.45) is 17.8 Å². The zero-order valence-corrected chi connectivity index (χ0v) is 9.46. The van der Waals surface area contributed by atoms with Crippen LogP contribution in [0.3, 0.4) is 0 Å². The summed E-state index contributed by atoms with van der Waals surface area (Å²) < 4.78 is 0. The highest BCUT2D eigenvalue weighted by Gasteiger charge is 2.31. The van der Waals surface area contributed by atoms with E-state index in [9.17, 15) is 4.79 Å². The predicted molar refractivity (Wildman–Crippen MR) is 61.5 cm³/mol. The summed E-state index contributed by atoms with van der Waals surface area (Å²) in [5, 5.41) is 2.91. The molecule has 3 atom stereocenters. The molecule has 1 fully saturated rings. The maximum Gasteiger partial charge on any atom is 0.262 e. The van der Waals surface area contributed by atoms with E-state index in [2.05, 4.69) is 24.0 Å². The maximum absolute atomic E-state index is 11.2. The molecule has 1 saturated carbocycles. The highest BCUT2D eigenvalue weighted by molar-refractivity contribution is 6.41. The van der Waals surface area contributed by atoms with E-state index in [4.69, 9.17) is 11.6 Å². The molecule has 0 aliphatic heterocycles. The van der Waals surface area contributed by atoms with Crippen molar-refractivity contribution >= 4 is 17.5 Å². The Balaban J connectivity index is 1.84. The fourth-order valence-electron chi connectivity index (χ4n) is 2.61. The SMILES string of the molecule is C=C(Cl)C(=O)NCC1CC2C=CC1CC2. The van der Waals surface area contributed by atoms with E-state index in [1.165, 1.54) is 19.3 Å². The summed E-state index contributed by atoms with van der Waals surface area (Å²) in [6.07, 6.45) is 8.42. The van der Waals surface area contributed by atoms with Gasteiger partial charge in [-0.1, -0.05) is 30.3 Å². The monoisotopic (exact) mass is 225 g/mol. The Hall–Kier alpha value is -0.760. The van der Waals surface area contributed by atoms with Gasteiger partial charge in [0.1, 0.15) is 0 Å². The Morgan fingerprint density at radius 3 is 2.73 bits per heavy atom. The van der Waals surface area contributed by atoms with Crippen LogP contribution in [0.1, 0.15) is 19.3 Å². The van der Waals surface area contributed by atoms with Crippen LogP contribution in [0.5, 0.6) is 0 Å². The Morgan fingerprint density at radius 2 is 2.27 bits per heavy atom. The second-order valence-electron chi connectivity index (χ2n) is 4.50. The lowest BCUT2D eigenvalue weighted by Gasteiger charge is -2.38. The molecule has 0 aromatic carbocycles. The molecule has 82 valence electrons. The van der Waals surface area contributed by atoms with Crippen molar-refractivity contribution in [3.8, 4) is 0 Å². The third kappa shape index (κ3) is 2.43. The maximum atomic E-state index is 11.2. The van der Waals surface area contributed by atoms with Crippen LogP contribution in [0.15, 0.2) is 23.8 Å². The number of halogens is 1. The minimum atomic E-state index is -0.234. The molecule has 0 aromatic rings. The summed E-state index contributed by atoms with van der Waals surface area (Å²) >= 11 is 5.50. The molecule has 0 spiro atoms. The fourth-order valence-corrected chi connectivity index (χ4v) is 2.67. The first-order chi connectivity index (χ1) is 7.16. The Kier molecular flexibility index (Phi) is 3.15. The molecule has 0 saturated heterocycles. The van der Waals surface area contributed by atoms with Crippen molar-refractivity contribution in [3.63, 3.8) is 0 Å². The largest absolute Gasteiger partial charge is 0.351 e. The summed E-state index contributed by atoms with van der Waals surface area (Å²) in [5.74, 6) is 1.74. The van der Waals surface area contributed by atoms with Crippen LogP contribution < -0.4 is 5.32 Å². The lowest BCUT2D eigenvalue weighted by Crippen LogP contribution is -2.37. The summed E-state index contributed by atoms with van der Waals surface area (Å²) in [5.41, 5.74) is 0. The van der Waals surface area contributed by atoms with Crippen LogP contribution in [0, 0.1) is 17.8 Å². The van der Waals surface area contributed by atoms with Crippen LogP contribution in [-0.2, 0) is 4.79 Å². The second-order valence-corrected chi connectivity index (χ2v) is 4.95. The molecule has 3 aliphatic carbocycles. The first-order valence-electron chi connectivity index (χ1n) is 5.47. The smallest absolute Gasteiger partial charge is 0.262 e. The van der Waals surface area contributed by atoms with Crippen molar-refractivity contribution in [2.45, 2.75) is 19.3 Å². The molecule has 3 unspecified atom stereocenters. The number of hydrogen-bond donors (Lipinski definition) is 1. The molecule has 0 radical (unpaired) electrons. The van der Waals surface area contributed by atoms with E-state index in [-0.39, 0.29) is 10.9 Å². The standard InChI is InChI=1S/C12H16ClNO/c1-8(13)12(15)14-7-11-6-9-2-4-10(11)5-3-9/h2,4,9-11H,1,3,5-7H2,(H,14,15). The van der Waals surface area contributed by atoms with E-state index in [0.717, 1.165) is 12.5 Å². The third-order valence-corrected chi connectivity index (χ3v) is 3.66. The predicted octanol–water partition coefficient (Wildman–Crippen LogP) is 2.46. The van der Waals surface area contributed by atoms with E-state index >= 15 is 0 Å². The third-order valence-electron chi connectivity index (χ3n) is 3.48. The van der Waals surface area contributed by atoms with Gasteiger partial charge in [-0.2, -0.15) is 0 Å². The highest BCUT2D eigenvalue weighted by Crippen LogP contribution is 2.39. The number of nitrogens with one attached hydrogen (secondary N) is 1. The molecule has 2 bridgehead atoms. The molecule has 0 heterocycles. The minimum absolute atomic E-state index is 0.0755. The lowest BCUT2D eigenvalue weighted by atomic mass is 9.69. The zero-order chi connectivity index (χ0) is 10.8. The number of rotatable bonds is 3. The van der Waals surface area contributed by atoms with E-state index in [1.54, 1.807) is 0 Å². The average molecular weight is 226 g/mol. The topological polar surface area (TPSA) is 29.1 Å². The van der Waals surface area contributed by atoms with Gasteiger partial charge in [0.2, 0.25) is 0 Å². The minimum Gasteiger partial charge on any atom is -0.351 e. The molecule has 15 heavy (non-hydrogen) atoms. The van der Waals surface area contributed by atoms with Crippen molar-refractivity contribution in [2.75, 3.05) is 6.54 Å². The summed E-state index contributed by atoms with van der Waals surface area (Å²) in [4.78, 5) is 11.2. The van der Waals surface area contributed by atoms with Gasteiger partial charge in [0.15, 0.2) is 0 Å². The molecule has 2 nitrogen and oxygen atoms in total. The van der Waals surface area contributed by atoms with E-state index < -0.39 is 0 Å². The van der Waals surface area contributed by atoms with E-state index in [1.807, 2.05) is 0 Å². The van der Waals surface area contributed by atoms with Crippen LogP contribution in [0.2, 0.25) is 0 Å². The van der Waals surface area contributed by atoms with Gasteiger partial charge in [0, 0.05) is 6.54 Å². The molecule has 0 aromatic heterocycles. The second kappa shape index (κ2) is 4.40. The number of carbonyl (C=O) groups is 1. The Bertz CT molecular complexity index is 311. The summed E-state index contributed by atoms with van der Waals surface area (Å²) in [6.45, 7) is 4.14. The van der Waals surface area contributed by atoms with Crippen LogP contribution >= 0.6 is 11.6 Å². The molecule has 1 amide bonds. The summed E-state index contributed by atoms with van der Waals surface area (Å²) in [7, 11) is 0. The molecular weight excluding hydrogens is 210 g/mol. The van der Waals surface area contributed by atoms with Gasteiger partial charge in [-0.15, -0.1) is 0 Å². The van der Waals surface area contributed by atoms with Gasteiger partial charge in [0.25, 0.3) is 5.91 Å². The van der Waals surface area contributed by atoms with Crippen LogP contribution in [0.4, 0.5) is 0 Å². The first kappa shape index (κ1) is 10.7. The van der Waals surface area contributed by atoms with Gasteiger partial charge < -0.3 is 5.32 Å². The molecule has 3 aliphatic rings. The quantitative estimate of drug-likeness (QED) is 0.580. The number of amides is 1. The number of carbonyl (C=O) groups excluding carboxylic acids is 1. The van der Waals surface area contributed by atoms with Crippen molar-refractivity contribution < 1.29 is 4.79 Å². The first-order valence-corrected chi connectivity index (χ1v) is 5.85. The number of fused-ring (bicyclic) bond motifs is 2. The van der Waals surface area contributed by atoms with Gasteiger partial charge in [-0.3, -0.25) is 4.79 Å². The van der Waals surface area contributed by atoms with Gasteiger partial charge in [0.05, 0.1) is 5.03 Å². The average Bonchev–Trinajstić information content (AvgIpc) is 2.27. The van der Waals surface area contributed by atoms with Gasteiger partial charge >= 0.3 is 0 Å². The van der Waals surface area contributed by atoms with Gasteiger partial charge in [-0.05, 0) is 37.0 Å². The van der Waals surface area contributed by atoms with Crippen molar-refractivity contribution in [3.05, 3.63) is 23.8 Å². The van der Waals surface area contributed by atoms with Crippen LogP contribution in [-0.4, -0.2) is 12.5 Å². The number of hydrogen-bond acceptors (Lipinski definition) is 1. The van der Waals surface area contributed by atoms with E-state index in [0.29, 0.717) is 11.8 Å². The molecule has 1 N–H and O–H groups in total.